The van der Waals surface area contributed by atoms with E-state index in [1.165, 1.54) is 0 Å². The summed E-state index contributed by atoms with van der Waals surface area (Å²) in [5, 5.41) is 9.82. The van der Waals surface area contributed by atoms with Gasteiger partial charge in [0.15, 0.2) is 5.82 Å². The van der Waals surface area contributed by atoms with Gasteiger partial charge in [-0.2, -0.15) is 4.98 Å². The number of anilines is 1. The molecule has 2 aromatic rings. The number of unbranched alkanes of at least 4 members (excludes halogenated alkanes) is 1. The summed E-state index contributed by atoms with van der Waals surface area (Å²) in [5.74, 6) is 0.616. The molecule has 6 nitrogen and oxygen atoms in total. The van der Waals surface area contributed by atoms with E-state index < -0.39 is 6.10 Å². The second-order valence-electron chi connectivity index (χ2n) is 5.10. The molecule has 0 bridgehead atoms. The van der Waals surface area contributed by atoms with Gasteiger partial charge in [-0.15, -0.1) is 0 Å². The molecule has 0 aliphatic carbocycles. The minimum atomic E-state index is -0.446. The Labute approximate surface area is 124 Å². The second kappa shape index (κ2) is 7.08. The van der Waals surface area contributed by atoms with Gasteiger partial charge in [0.05, 0.1) is 11.6 Å². The summed E-state index contributed by atoms with van der Waals surface area (Å²) in [4.78, 5) is 16.9. The molecule has 0 radical (unpaired) electrons. The lowest BCUT2D eigenvalue weighted by Gasteiger charge is -2.14. The third-order valence-electron chi connectivity index (χ3n) is 3.35. The first-order valence-corrected chi connectivity index (χ1v) is 7.22. The fourth-order valence-corrected chi connectivity index (χ4v) is 2.11. The van der Waals surface area contributed by atoms with Crippen molar-refractivity contribution in [2.75, 3.05) is 5.73 Å². The maximum Gasteiger partial charge on any atom is 0.222 e. The fraction of sp³-hybridized carbons (Fsp3) is 0.467. The van der Waals surface area contributed by atoms with Crippen LogP contribution in [0.2, 0.25) is 0 Å². The van der Waals surface area contributed by atoms with Gasteiger partial charge in [-0.25, -0.2) is 9.98 Å². The summed E-state index contributed by atoms with van der Waals surface area (Å²) in [6.07, 6.45) is 6.00. The first-order valence-electron chi connectivity index (χ1n) is 7.22. The number of nitrogens with two attached hydrogens (primary N) is 1. The van der Waals surface area contributed by atoms with Gasteiger partial charge in [0.2, 0.25) is 5.95 Å². The number of aliphatic hydroxyl groups excluding tert-OH is 1. The minimum Gasteiger partial charge on any atom is -0.393 e. The molecule has 112 valence electrons. The van der Waals surface area contributed by atoms with Crippen LogP contribution in [0.4, 0.5) is 11.8 Å². The number of aromatic nitrogens is 3. The molecular weight excluding hydrogens is 266 g/mol. The lowest BCUT2D eigenvalue weighted by Crippen LogP contribution is -2.18. The van der Waals surface area contributed by atoms with Crippen LogP contribution in [0.1, 0.15) is 33.1 Å². The number of aliphatic imine (C=N–C) groups is 1. The van der Waals surface area contributed by atoms with Gasteiger partial charge < -0.3 is 10.8 Å². The van der Waals surface area contributed by atoms with E-state index in [-0.39, 0.29) is 11.9 Å². The van der Waals surface area contributed by atoms with E-state index in [2.05, 4.69) is 26.9 Å². The molecule has 2 heterocycles. The quantitative estimate of drug-likeness (QED) is 0.795. The molecule has 0 saturated carbocycles. The summed E-state index contributed by atoms with van der Waals surface area (Å²) in [6.45, 7) is 3.90. The van der Waals surface area contributed by atoms with Crippen molar-refractivity contribution >= 4 is 29.0 Å². The van der Waals surface area contributed by atoms with Crippen LogP contribution in [0.5, 0.6) is 0 Å². The van der Waals surface area contributed by atoms with Crippen LogP contribution >= 0.6 is 0 Å². The van der Waals surface area contributed by atoms with Crippen molar-refractivity contribution in [3.05, 3.63) is 18.3 Å². The molecule has 0 aromatic carbocycles. The predicted molar refractivity (Wildman–Crippen MR) is 84.6 cm³/mol. The lowest BCUT2D eigenvalue weighted by atomic mass is 9.98. The molecule has 0 amide bonds. The molecule has 0 saturated heterocycles. The monoisotopic (exact) mass is 287 g/mol. The van der Waals surface area contributed by atoms with Crippen molar-refractivity contribution in [3.8, 4) is 0 Å². The molecule has 6 heteroatoms. The van der Waals surface area contributed by atoms with Crippen molar-refractivity contribution in [3.63, 3.8) is 0 Å². The molecule has 2 aromatic heterocycles. The highest BCUT2D eigenvalue weighted by Gasteiger charge is 2.13. The first kappa shape index (κ1) is 15.3. The van der Waals surface area contributed by atoms with Crippen molar-refractivity contribution in [2.24, 2.45) is 10.9 Å². The van der Waals surface area contributed by atoms with Gasteiger partial charge in [0, 0.05) is 18.3 Å². The summed E-state index contributed by atoms with van der Waals surface area (Å²) >= 11 is 0. The zero-order valence-corrected chi connectivity index (χ0v) is 12.4. The van der Waals surface area contributed by atoms with Crippen LogP contribution in [0, 0.1) is 5.92 Å². The molecule has 0 fully saturated rings. The molecule has 1 unspecified atom stereocenters. The third-order valence-corrected chi connectivity index (χ3v) is 3.35. The van der Waals surface area contributed by atoms with Gasteiger partial charge in [0.1, 0.15) is 5.52 Å². The van der Waals surface area contributed by atoms with Crippen molar-refractivity contribution in [2.45, 2.75) is 39.2 Å². The molecule has 3 N–H and O–H groups in total. The maximum atomic E-state index is 9.82. The van der Waals surface area contributed by atoms with Gasteiger partial charge in [-0.05, 0) is 25.5 Å². The van der Waals surface area contributed by atoms with Crippen molar-refractivity contribution in [1.29, 1.82) is 0 Å². The molecule has 0 aliphatic rings. The smallest absolute Gasteiger partial charge is 0.222 e. The van der Waals surface area contributed by atoms with E-state index >= 15 is 0 Å². The van der Waals surface area contributed by atoms with E-state index in [1.54, 1.807) is 25.4 Å². The van der Waals surface area contributed by atoms with Crippen LogP contribution in [-0.2, 0) is 0 Å². The van der Waals surface area contributed by atoms with Crippen LogP contribution in [0.15, 0.2) is 23.3 Å². The van der Waals surface area contributed by atoms with Crippen molar-refractivity contribution < 1.29 is 5.11 Å². The van der Waals surface area contributed by atoms with E-state index in [9.17, 15) is 5.11 Å². The number of hydrogen-bond donors (Lipinski definition) is 2. The normalized spacial score (nSPS) is 14.6. The Morgan fingerprint density at radius 3 is 2.95 bits per heavy atom. The summed E-state index contributed by atoms with van der Waals surface area (Å²) in [7, 11) is 0. The predicted octanol–water partition coefficient (Wildman–Crippen LogP) is 2.50. The Bertz CT molecular complexity index is 626. The largest absolute Gasteiger partial charge is 0.393 e. The zero-order valence-electron chi connectivity index (χ0n) is 12.4. The molecule has 0 spiro atoms. The van der Waals surface area contributed by atoms with Crippen molar-refractivity contribution in [1.82, 2.24) is 15.0 Å². The van der Waals surface area contributed by atoms with Crippen LogP contribution in [0.3, 0.4) is 0 Å². The summed E-state index contributed by atoms with van der Waals surface area (Å²) < 4.78 is 0. The Balaban J connectivity index is 2.31. The number of fused-ring (bicyclic) bond motifs is 1. The topological polar surface area (TPSA) is 97.3 Å². The number of nitrogen functional groups attached to an aromatic ring is 1. The van der Waals surface area contributed by atoms with Gasteiger partial charge in [-0.1, -0.05) is 19.8 Å². The molecule has 2 atom stereocenters. The zero-order chi connectivity index (χ0) is 15.2. The SMILES string of the molecule is CCCCC(C=Nc1nc(N)nc2cccnc12)[C@H](C)O. The molecule has 0 aliphatic heterocycles. The highest BCUT2D eigenvalue weighted by molar-refractivity contribution is 5.86. The van der Waals surface area contributed by atoms with E-state index in [4.69, 9.17) is 5.73 Å². The maximum absolute atomic E-state index is 9.82. The molecule has 21 heavy (non-hydrogen) atoms. The number of aliphatic hydroxyl groups is 1. The Hall–Kier alpha value is -2.08. The number of pyridine rings is 1. The van der Waals surface area contributed by atoms with Crippen LogP contribution in [-0.4, -0.2) is 32.4 Å². The molecule has 2 rings (SSSR count). The number of rotatable bonds is 6. The van der Waals surface area contributed by atoms with E-state index in [0.717, 1.165) is 19.3 Å². The Morgan fingerprint density at radius 2 is 2.24 bits per heavy atom. The second-order valence-corrected chi connectivity index (χ2v) is 5.10. The Kier molecular flexibility index (Phi) is 5.16. The average Bonchev–Trinajstić information content (AvgIpc) is 2.46. The third kappa shape index (κ3) is 3.95. The molecular formula is C15H21N5O. The number of nitrogens with zero attached hydrogens (tertiary/aromatic N) is 4. The summed E-state index contributed by atoms with van der Waals surface area (Å²) in [6, 6.07) is 3.62. The number of hydrogen-bond acceptors (Lipinski definition) is 6. The van der Waals surface area contributed by atoms with E-state index in [0.29, 0.717) is 16.9 Å². The average molecular weight is 287 g/mol. The van der Waals surface area contributed by atoms with Crippen LogP contribution in [0.25, 0.3) is 11.0 Å². The lowest BCUT2D eigenvalue weighted by molar-refractivity contribution is 0.154. The van der Waals surface area contributed by atoms with Crippen LogP contribution < -0.4 is 5.73 Å². The van der Waals surface area contributed by atoms with Gasteiger partial charge in [-0.3, -0.25) is 4.98 Å². The minimum absolute atomic E-state index is 0.0000907. The standard InChI is InChI=1S/C15H21N5O/c1-3-4-6-11(10(2)21)9-18-14-13-12(7-5-8-17-13)19-15(16)20-14/h5,7-11,21H,3-4,6H2,1-2H3,(H2,16,19,20)/t10-,11?/m0/s1. The summed E-state index contributed by atoms with van der Waals surface area (Å²) in [5.41, 5.74) is 6.98. The first-order chi connectivity index (χ1) is 10.1. The highest BCUT2D eigenvalue weighted by atomic mass is 16.3. The Morgan fingerprint density at radius 1 is 1.43 bits per heavy atom. The van der Waals surface area contributed by atoms with Gasteiger partial charge in [0.25, 0.3) is 0 Å². The highest BCUT2D eigenvalue weighted by Crippen LogP contribution is 2.22. The van der Waals surface area contributed by atoms with Gasteiger partial charge >= 0.3 is 0 Å². The fourth-order valence-electron chi connectivity index (χ4n) is 2.11. The van der Waals surface area contributed by atoms with E-state index in [1.807, 2.05) is 6.07 Å².